The number of carbonyl (C=O) groups is 2. The largest absolute Gasteiger partial charge is 0.366 e. The van der Waals surface area contributed by atoms with E-state index in [9.17, 15) is 9.59 Å². The summed E-state index contributed by atoms with van der Waals surface area (Å²) in [6, 6.07) is 14.6. The maximum Gasteiger partial charge on any atom is 0.248 e. The molecule has 6 heteroatoms. The van der Waals surface area contributed by atoms with Gasteiger partial charge in [-0.25, -0.2) is 4.98 Å². The topological polar surface area (TPSA) is 85.1 Å². The molecule has 1 aromatic heterocycles. The van der Waals surface area contributed by atoms with Crippen molar-refractivity contribution in [3.05, 3.63) is 70.7 Å². The molecule has 3 rings (SSSR count). The Morgan fingerprint density at radius 1 is 1.08 bits per heavy atom. The number of aromatic nitrogens is 1. The van der Waals surface area contributed by atoms with Crippen molar-refractivity contribution in [1.82, 2.24) is 4.98 Å². The van der Waals surface area contributed by atoms with E-state index in [1.165, 1.54) is 16.9 Å². The van der Waals surface area contributed by atoms with E-state index in [0.29, 0.717) is 11.3 Å². The number of aryl methyl sites for hydroxylation is 1. The van der Waals surface area contributed by atoms with E-state index in [4.69, 9.17) is 5.73 Å². The smallest absolute Gasteiger partial charge is 0.248 e. The van der Waals surface area contributed by atoms with E-state index >= 15 is 0 Å². The zero-order valence-corrected chi connectivity index (χ0v) is 14.5. The van der Waals surface area contributed by atoms with E-state index in [1.807, 2.05) is 36.6 Å². The average Bonchev–Trinajstić information content (AvgIpc) is 3.04. The predicted octanol–water partition coefficient (Wildman–Crippen LogP) is 3.40. The first-order chi connectivity index (χ1) is 12.0. The molecule has 5 nitrogen and oxygen atoms in total. The van der Waals surface area contributed by atoms with Crippen LogP contribution in [0.5, 0.6) is 0 Å². The Labute approximate surface area is 149 Å². The molecule has 0 fully saturated rings. The predicted molar refractivity (Wildman–Crippen MR) is 99.6 cm³/mol. The second kappa shape index (κ2) is 7.27. The van der Waals surface area contributed by atoms with Gasteiger partial charge in [0.1, 0.15) is 5.01 Å². The number of benzene rings is 2. The Hall–Kier alpha value is -2.99. The highest BCUT2D eigenvalue weighted by Gasteiger charge is 2.10. The molecule has 3 aromatic rings. The van der Waals surface area contributed by atoms with Crippen LogP contribution in [0.2, 0.25) is 0 Å². The van der Waals surface area contributed by atoms with Crippen LogP contribution in [0.25, 0.3) is 10.6 Å². The molecule has 0 aliphatic heterocycles. The minimum absolute atomic E-state index is 0.160. The number of nitrogens with one attached hydrogen (secondary N) is 1. The van der Waals surface area contributed by atoms with Crippen LogP contribution in [0, 0.1) is 6.92 Å². The highest BCUT2D eigenvalue weighted by atomic mass is 32.1. The van der Waals surface area contributed by atoms with Gasteiger partial charge in [0.25, 0.3) is 0 Å². The number of primary amides is 1. The van der Waals surface area contributed by atoms with Crippen LogP contribution in [-0.4, -0.2) is 16.8 Å². The van der Waals surface area contributed by atoms with Crippen molar-refractivity contribution in [3.63, 3.8) is 0 Å². The zero-order valence-electron chi connectivity index (χ0n) is 13.7. The van der Waals surface area contributed by atoms with Crippen molar-refractivity contribution >= 4 is 28.8 Å². The zero-order chi connectivity index (χ0) is 17.8. The minimum Gasteiger partial charge on any atom is -0.366 e. The molecule has 126 valence electrons. The molecule has 0 radical (unpaired) electrons. The molecule has 2 amide bonds. The van der Waals surface area contributed by atoms with Gasteiger partial charge in [-0.15, -0.1) is 11.3 Å². The van der Waals surface area contributed by atoms with Crippen LogP contribution in [0.3, 0.4) is 0 Å². The number of nitrogens with zero attached hydrogens (tertiary/aromatic N) is 1. The van der Waals surface area contributed by atoms with Gasteiger partial charge in [0.05, 0.1) is 12.1 Å². The third-order valence-electron chi connectivity index (χ3n) is 3.65. The second-order valence-corrected chi connectivity index (χ2v) is 6.53. The van der Waals surface area contributed by atoms with Crippen molar-refractivity contribution in [2.45, 2.75) is 13.3 Å². The quantitative estimate of drug-likeness (QED) is 0.739. The second-order valence-electron chi connectivity index (χ2n) is 5.68. The molecule has 0 saturated heterocycles. The Balaban J connectivity index is 1.63. The van der Waals surface area contributed by atoms with Crippen LogP contribution in [0.15, 0.2) is 53.9 Å². The van der Waals surface area contributed by atoms with Crippen molar-refractivity contribution in [2.24, 2.45) is 5.73 Å². The highest BCUT2D eigenvalue weighted by Crippen LogP contribution is 2.24. The summed E-state index contributed by atoms with van der Waals surface area (Å²) in [5.41, 5.74) is 9.18. The first-order valence-corrected chi connectivity index (χ1v) is 8.60. The number of thiazole rings is 1. The lowest BCUT2D eigenvalue weighted by Crippen LogP contribution is -2.15. The van der Waals surface area contributed by atoms with Crippen molar-refractivity contribution < 1.29 is 9.59 Å². The average molecular weight is 351 g/mol. The number of anilines is 1. The molecule has 2 aromatic carbocycles. The van der Waals surface area contributed by atoms with Crippen molar-refractivity contribution in [3.8, 4) is 10.6 Å². The molecule has 0 spiro atoms. The molecule has 0 aliphatic rings. The summed E-state index contributed by atoms with van der Waals surface area (Å²) in [7, 11) is 0. The molecule has 1 heterocycles. The fourth-order valence-electron chi connectivity index (χ4n) is 2.30. The molecule has 0 atom stereocenters. The molecule has 0 saturated carbocycles. The SMILES string of the molecule is Cc1ccc(-c2nc(CC(=O)Nc3ccc(C(N)=O)cc3)cs2)cc1. The van der Waals surface area contributed by atoms with Gasteiger partial charge in [0.15, 0.2) is 0 Å². The Kier molecular flexibility index (Phi) is 4.90. The van der Waals surface area contributed by atoms with Crippen molar-refractivity contribution in [2.75, 3.05) is 5.32 Å². The van der Waals surface area contributed by atoms with E-state index in [1.54, 1.807) is 24.3 Å². The lowest BCUT2D eigenvalue weighted by Gasteiger charge is -2.04. The van der Waals surface area contributed by atoms with E-state index in [2.05, 4.69) is 10.3 Å². The minimum atomic E-state index is -0.496. The fourth-order valence-corrected chi connectivity index (χ4v) is 3.13. The van der Waals surface area contributed by atoms with E-state index < -0.39 is 5.91 Å². The third kappa shape index (κ3) is 4.30. The summed E-state index contributed by atoms with van der Waals surface area (Å²) in [5, 5.41) is 5.58. The molecule has 25 heavy (non-hydrogen) atoms. The summed E-state index contributed by atoms with van der Waals surface area (Å²) in [4.78, 5) is 27.7. The maximum absolute atomic E-state index is 12.2. The molecular formula is C19H17N3O2S. The van der Waals surface area contributed by atoms with Gasteiger partial charge in [-0.1, -0.05) is 29.8 Å². The van der Waals surface area contributed by atoms with Gasteiger partial charge < -0.3 is 11.1 Å². The van der Waals surface area contributed by atoms with Crippen LogP contribution in [-0.2, 0) is 11.2 Å². The summed E-state index contributed by atoms with van der Waals surface area (Å²) < 4.78 is 0. The van der Waals surface area contributed by atoms with Crippen LogP contribution in [0.1, 0.15) is 21.6 Å². The van der Waals surface area contributed by atoms with Gasteiger partial charge >= 0.3 is 0 Å². The number of rotatable bonds is 5. The fraction of sp³-hybridized carbons (Fsp3) is 0.105. The van der Waals surface area contributed by atoms with Crippen LogP contribution in [0.4, 0.5) is 5.69 Å². The van der Waals surface area contributed by atoms with Gasteiger partial charge in [0, 0.05) is 22.2 Å². The van der Waals surface area contributed by atoms with E-state index in [0.717, 1.165) is 16.3 Å². The lowest BCUT2D eigenvalue weighted by atomic mass is 10.2. The molecule has 3 N–H and O–H groups in total. The normalized spacial score (nSPS) is 10.4. The molecular weight excluding hydrogens is 334 g/mol. The van der Waals surface area contributed by atoms with Gasteiger partial charge in [-0.05, 0) is 31.2 Å². The Morgan fingerprint density at radius 3 is 2.40 bits per heavy atom. The molecule has 0 aliphatic carbocycles. The number of amides is 2. The van der Waals surface area contributed by atoms with Crippen LogP contribution < -0.4 is 11.1 Å². The summed E-state index contributed by atoms with van der Waals surface area (Å²) >= 11 is 1.52. The summed E-state index contributed by atoms with van der Waals surface area (Å²) in [6.45, 7) is 2.04. The number of hydrogen-bond donors (Lipinski definition) is 2. The number of nitrogens with two attached hydrogens (primary N) is 1. The Bertz CT molecular complexity index is 899. The summed E-state index contributed by atoms with van der Waals surface area (Å²) in [6.07, 6.45) is 0.194. The van der Waals surface area contributed by atoms with Crippen LogP contribution >= 0.6 is 11.3 Å². The first kappa shape index (κ1) is 16.9. The number of carbonyl (C=O) groups excluding carboxylic acids is 2. The molecule has 0 unspecified atom stereocenters. The first-order valence-electron chi connectivity index (χ1n) is 7.72. The Morgan fingerprint density at radius 2 is 1.76 bits per heavy atom. The third-order valence-corrected chi connectivity index (χ3v) is 4.59. The van der Waals surface area contributed by atoms with Gasteiger partial charge in [0.2, 0.25) is 11.8 Å². The standard InChI is InChI=1S/C19H17N3O2S/c1-12-2-4-14(5-3-12)19-22-16(11-25-19)10-17(23)21-15-8-6-13(7-9-15)18(20)24/h2-9,11H,10H2,1H3,(H2,20,24)(H,21,23). The summed E-state index contributed by atoms with van der Waals surface area (Å²) in [5.74, 6) is -0.656. The van der Waals surface area contributed by atoms with Crippen molar-refractivity contribution in [1.29, 1.82) is 0 Å². The monoisotopic (exact) mass is 351 g/mol. The molecule has 0 bridgehead atoms. The van der Waals surface area contributed by atoms with Gasteiger partial charge in [-0.2, -0.15) is 0 Å². The maximum atomic E-state index is 12.2. The lowest BCUT2D eigenvalue weighted by molar-refractivity contribution is -0.115. The van der Waals surface area contributed by atoms with Gasteiger partial charge in [-0.3, -0.25) is 9.59 Å². The van der Waals surface area contributed by atoms with E-state index in [-0.39, 0.29) is 12.3 Å². The number of hydrogen-bond acceptors (Lipinski definition) is 4. The highest BCUT2D eigenvalue weighted by molar-refractivity contribution is 7.13.